The van der Waals surface area contributed by atoms with Crippen molar-refractivity contribution in [3.63, 3.8) is 0 Å². The van der Waals surface area contributed by atoms with Crippen LogP contribution in [0.4, 0.5) is 4.79 Å². The molecule has 0 radical (unpaired) electrons. The lowest BCUT2D eigenvalue weighted by Gasteiger charge is -2.58. The van der Waals surface area contributed by atoms with Crippen molar-refractivity contribution in [3.05, 3.63) is 11.6 Å². The SMILES string of the molecule is C/C(=N\OC(=O)[C@@H](NC(=O)O)C(C)C)[C@H]1CC[C@H]2[C@@H]3CCC4=CC(=O)CC[C@]4(C)[C@H]3CC[C@]12C. The van der Waals surface area contributed by atoms with Gasteiger partial charge in [0, 0.05) is 12.3 Å². The maximum absolute atomic E-state index is 12.5. The van der Waals surface area contributed by atoms with Gasteiger partial charge in [0.1, 0.15) is 6.04 Å². The molecule has 4 rings (SSSR count). The van der Waals surface area contributed by atoms with Gasteiger partial charge in [0.25, 0.3) is 0 Å². The molecule has 0 saturated heterocycles. The Hall–Kier alpha value is -2.18. The molecule has 7 heteroatoms. The quantitative estimate of drug-likeness (QED) is 0.319. The molecule has 0 unspecified atom stereocenters. The largest absolute Gasteiger partial charge is 0.465 e. The van der Waals surface area contributed by atoms with E-state index in [2.05, 4.69) is 24.3 Å². The summed E-state index contributed by atoms with van der Waals surface area (Å²) in [7, 11) is 0. The number of rotatable bonds is 5. The second-order valence-electron chi connectivity index (χ2n) is 12.0. The molecule has 0 aromatic carbocycles. The molecule has 0 aromatic heterocycles. The van der Waals surface area contributed by atoms with E-state index < -0.39 is 18.1 Å². The maximum atomic E-state index is 12.5. The summed E-state index contributed by atoms with van der Waals surface area (Å²) in [5.74, 6) is 1.59. The summed E-state index contributed by atoms with van der Waals surface area (Å²) in [6.07, 6.45) is 9.07. The number of oxime groups is 1. The summed E-state index contributed by atoms with van der Waals surface area (Å²) in [5.41, 5.74) is 2.51. The number of allylic oxidation sites excluding steroid dienone is 1. The third kappa shape index (κ3) is 4.20. The van der Waals surface area contributed by atoms with Gasteiger partial charge in [0.15, 0.2) is 5.78 Å². The van der Waals surface area contributed by atoms with Crippen LogP contribution in [0.2, 0.25) is 0 Å². The smallest absolute Gasteiger partial charge is 0.405 e. The first-order valence-corrected chi connectivity index (χ1v) is 13.0. The molecule has 0 spiro atoms. The predicted octanol–water partition coefficient (Wildman–Crippen LogP) is 5.35. The van der Waals surface area contributed by atoms with Crippen molar-refractivity contribution in [1.82, 2.24) is 5.32 Å². The number of nitrogens with zero attached hydrogens (tertiary/aromatic N) is 1. The fourth-order valence-corrected chi connectivity index (χ4v) is 8.11. The highest BCUT2D eigenvalue weighted by molar-refractivity contribution is 5.91. The van der Waals surface area contributed by atoms with Gasteiger partial charge in [-0.15, -0.1) is 0 Å². The van der Waals surface area contributed by atoms with Crippen molar-refractivity contribution < 1.29 is 24.3 Å². The molecule has 0 aromatic rings. The van der Waals surface area contributed by atoms with E-state index in [0.29, 0.717) is 30.0 Å². The van der Waals surface area contributed by atoms with Crippen molar-refractivity contribution >= 4 is 23.6 Å². The van der Waals surface area contributed by atoms with Crippen LogP contribution in [0.1, 0.15) is 86.0 Å². The molecule has 4 aliphatic rings. The van der Waals surface area contributed by atoms with E-state index in [1.54, 1.807) is 13.8 Å². The number of hydrogen-bond donors (Lipinski definition) is 2. The second-order valence-corrected chi connectivity index (χ2v) is 12.0. The van der Waals surface area contributed by atoms with Crippen molar-refractivity contribution in [1.29, 1.82) is 0 Å². The first kappa shape index (κ1) is 24.9. The molecule has 7 atom stereocenters. The minimum atomic E-state index is -1.25. The highest BCUT2D eigenvalue weighted by atomic mass is 16.7. The van der Waals surface area contributed by atoms with Crippen LogP contribution < -0.4 is 5.32 Å². The summed E-state index contributed by atoms with van der Waals surface area (Å²) in [5, 5.41) is 15.5. The van der Waals surface area contributed by atoms with Gasteiger partial charge in [0.05, 0.1) is 5.71 Å². The lowest BCUT2D eigenvalue weighted by Crippen LogP contribution is -2.51. The van der Waals surface area contributed by atoms with Gasteiger partial charge in [-0.25, -0.2) is 9.59 Å². The van der Waals surface area contributed by atoms with E-state index in [4.69, 9.17) is 9.94 Å². The van der Waals surface area contributed by atoms with E-state index in [-0.39, 0.29) is 22.7 Å². The zero-order valence-electron chi connectivity index (χ0n) is 21.2. The summed E-state index contributed by atoms with van der Waals surface area (Å²) in [6.45, 7) is 10.3. The van der Waals surface area contributed by atoms with Gasteiger partial charge in [-0.2, -0.15) is 0 Å². The number of fused-ring (bicyclic) bond motifs is 5. The standard InChI is InChI=1S/C27H40N2O5/c1-15(2)23(28-25(32)33)24(31)34-29-16(3)20-8-9-21-19-7-6-17-14-18(30)10-12-26(17,4)22(19)11-13-27(20,21)5/h14-15,19-23,28H,6-13H2,1-5H3,(H,32,33)/b29-16+/t19-,20+,21-,22-,23-,26-,27+/m0/s1. The van der Waals surface area contributed by atoms with Crippen LogP contribution in [-0.4, -0.2) is 34.7 Å². The summed E-state index contributed by atoms with van der Waals surface area (Å²) in [6, 6.07) is -0.941. The molecule has 0 aliphatic heterocycles. The van der Waals surface area contributed by atoms with Crippen molar-refractivity contribution in [3.8, 4) is 0 Å². The van der Waals surface area contributed by atoms with E-state index >= 15 is 0 Å². The molecule has 7 nitrogen and oxygen atoms in total. The van der Waals surface area contributed by atoms with Crippen LogP contribution in [-0.2, 0) is 14.4 Å². The van der Waals surface area contributed by atoms with Gasteiger partial charge >= 0.3 is 12.1 Å². The molecule has 0 heterocycles. The fourth-order valence-electron chi connectivity index (χ4n) is 8.11. The van der Waals surface area contributed by atoms with Crippen molar-refractivity contribution in [2.45, 2.75) is 92.0 Å². The number of amides is 1. The molecule has 3 fully saturated rings. The van der Waals surface area contributed by atoms with Crippen LogP contribution in [0.3, 0.4) is 0 Å². The van der Waals surface area contributed by atoms with Crippen LogP contribution in [0.25, 0.3) is 0 Å². The molecule has 3 saturated carbocycles. The van der Waals surface area contributed by atoms with E-state index in [1.807, 2.05) is 13.0 Å². The minimum absolute atomic E-state index is 0.125. The minimum Gasteiger partial charge on any atom is -0.465 e. The Balaban J connectivity index is 1.48. The summed E-state index contributed by atoms with van der Waals surface area (Å²) in [4.78, 5) is 40.8. The van der Waals surface area contributed by atoms with Crippen LogP contribution >= 0.6 is 0 Å². The Morgan fingerprint density at radius 1 is 1.12 bits per heavy atom. The highest BCUT2D eigenvalue weighted by Gasteiger charge is 2.59. The van der Waals surface area contributed by atoms with Gasteiger partial charge in [-0.1, -0.05) is 38.4 Å². The Kier molecular flexibility index (Phi) is 6.69. The van der Waals surface area contributed by atoms with Crippen molar-refractivity contribution in [2.75, 3.05) is 0 Å². The molecule has 4 aliphatic carbocycles. The number of ketones is 1. The Labute approximate surface area is 202 Å². The number of carboxylic acid groups (broad SMARTS) is 1. The number of carbonyl (C=O) groups is 3. The van der Waals surface area contributed by atoms with Crippen LogP contribution in [0.5, 0.6) is 0 Å². The molecule has 0 bridgehead atoms. The second kappa shape index (κ2) is 9.12. The molecule has 1 amide bonds. The van der Waals surface area contributed by atoms with Gasteiger partial charge in [0.2, 0.25) is 0 Å². The summed E-state index contributed by atoms with van der Waals surface area (Å²) >= 11 is 0. The normalized spacial score (nSPS) is 38.4. The van der Waals surface area contributed by atoms with Gasteiger partial charge in [-0.05, 0) is 92.4 Å². The first-order chi connectivity index (χ1) is 16.0. The van der Waals surface area contributed by atoms with E-state index in [1.165, 1.54) is 12.0 Å². The predicted molar refractivity (Wildman–Crippen MR) is 129 cm³/mol. The topological polar surface area (TPSA) is 105 Å². The molecule has 34 heavy (non-hydrogen) atoms. The first-order valence-electron chi connectivity index (χ1n) is 13.0. The fraction of sp³-hybridized carbons (Fsp3) is 0.778. The Morgan fingerprint density at radius 3 is 2.53 bits per heavy atom. The van der Waals surface area contributed by atoms with Crippen molar-refractivity contribution in [2.24, 2.45) is 45.6 Å². The van der Waals surface area contributed by atoms with E-state index in [0.717, 1.165) is 44.2 Å². The van der Waals surface area contributed by atoms with Crippen LogP contribution in [0, 0.1) is 40.4 Å². The van der Waals surface area contributed by atoms with Gasteiger partial charge < -0.3 is 15.3 Å². The molecule has 188 valence electrons. The Morgan fingerprint density at radius 2 is 1.85 bits per heavy atom. The molecular weight excluding hydrogens is 432 g/mol. The maximum Gasteiger partial charge on any atom is 0.405 e. The lowest BCUT2D eigenvalue weighted by molar-refractivity contribution is -0.147. The third-order valence-electron chi connectivity index (χ3n) is 9.95. The molecular formula is C27H40N2O5. The third-order valence-corrected chi connectivity index (χ3v) is 9.95. The average molecular weight is 473 g/mol. The Bertz CT molecular complexity index is 924. The zero-order valence-corrected chi connectivity index (χ0v) is 21.2. The summed E-state index contributed by atoms with van der Waals surface area (Å²) < 4.78 is 0. The molecule has 2 N–H and O–H groups in total. The number of nitrogens with one attached hydrogen (secondary N) is 1. The zero-order chi connectivity index (χ0) is 24.8. The van der Waals surface area contributed by atoms with Gasteiger partial charge in [-0.3, -0.25) is 4.79 Å². The lowest BCUT2D eigenvalue weighted by atomic mass is 9.46. The number of carbonyl (C=O) groups excluding carboxylic acids is 2. The van der Waals surface area contributed by atoms with Crippen LogP contribution in [0.15, 0.2) is 16.8 Å². The van der Waals surface area contributed by atoms with E-state index in [9.17, 15) is 14.4 Å². The number of hydrogen-bond acceptors (Lipinski definition) is 5. The monoisotopic (exact) mass is 472 g/mol. The average Bonchev–Trinajstić information content (AvgIpc) is 3.13. The highest BCUT2D eigenvalue weighted by Crippen LogP contribution is 2.66.